The van der Waals surface area contributed by atoms with Crippen molar-refractivity contribution in [1.29, 1.82) is 0 Å². The molecule has 1 saturated heterocycles. The van der Waals surface area contributed by atoms with Crippen molar-refractivity contribution >= 4 is 11.7 Å². The molecule has 1 heterocycles. The first-order chi connectivity index (χ1) is 6.75. The second-order valence-electron chi connectivity index (χ2n) is 4.46. The Hall–Kier alpha value is -0.860. The van der Waals surface area contributed by atoms with Gasteiger partial charge in [-0.25, -0.2) is 0 Å². The largest absolute Gasteiger partial charge is 0.335 e. The van der Waals surface area contributed by atoms with Crippen LogP contribution in [0.15, 0.2) is 0 Å². The number of carbonyl (C=O) groups excluding carboxylic acids is 2. The zero-order chi connectivity index (χ0) is 9.97. The summed E-state index contributed by atoms with van der Waals surface area (Å²) in [7, 11) is 0. The lowest BCUT2D eigenvalue weighted by atomic mass is 10.0. The van der Waals surface area contributed by atoms with Crippen molar-refractivity contribution in [2.45, 2.75) is 38.5 Å². The molecule has 0 atom stereocenters. The Morgan fingerprint density at radius 2 is 2.07 bits per heavy atom. The lowest BCUT2D eigenvalue weighted by molar-refractivity contribution is -0.132. The van der Waals surface area contributed by atoms with E-state index in [4.69, 9.17) is 0 Å². The van der Waals surface area contributed by atoms with Crippen LogP contribution in [0.25, 0.3) is 0 Å². The van der Waals surface area contributed by atoms with E-state index in [2.05, 4.69) is 0 Å². The highest BCUT2D eigenvalue weighted by Gasteiger charge is 2.26. The van der Waals surface area contributed by atoms with E-state index in [0.29, 0.717) is 31.8 Å². The maximum atomic E-state index is 11.7. The molecule has 1 aliphatic carbocycles. The molecule has 2 fully saturated rings. The lowest BCUT2D eigenvalue weighted by Crippen LogP contribution is -2.29. The van der Waals surface area contributed by atoms with Crippen LogP contribution in [0.4, 0.5) is 0 Å². The van der Waals surface area contributed by atoms with Gasteiger partial charge in [0.05, 0.1) is 6.54 Å². The topological polar surface area (TPSA) is 37.4 Å². The van der Waals surface area contributed by atoms with Gasteiger partial charge in [-0.15, -0.1) is 0 Å². The van der Waals surface area contributed by atoms with Gasteiger partial charge in [-0.1, -0.05) is 12.8 Å². The number of rotatable bonds is 2. The molecule has 0 N–H and O–H groups in total. The molecular formula is C11H17NO2. The molecule has 0 aromatic rings. The first-order valence-electron chi connectivity index (χ1n) is 5.55. The predicted molar refractivity (Wildman–Crippen MR) is 52.8 cm³/mol. The van der Waals surface area contributed by atoms with E-state index in [1.165, 1.54) is 25.7 Å². The first-order valence-corrected chi connectivity index (χ1v) is 5.55. The SMILES string of the molecule is O=C1CCN(C(=O)CC2CCCC2)C1. The highest BCUT2D eigenvalue weighted by atomic mass is 16.2. The van der Waals surface area contributed by atoms with Crippen molar-refractivity contribution in [2.75, 3.05) is 13.1 Å². The van der Waals surface area contributed by atoms with Gasteiger partial charge in [0.1, 0.15) is 0 Å². The third-order valence-electron chi connectivity index (χ3n) is 3.32. The maximum absolute atomic E-state index is 11.7. The Bertz CT molecular complexity index is 244. The Morgan fingerprint density at radius 3 is 2.64 bits per heavy atom. The van der Waals surface area contributed by atoms with E-state index in [9.17, 15) is 9.59 Å². The summed E-state index contributed by atoms with van der Waals surface area (Å²) in [5, 5.41) is 0. The van der Waals surface area contributed by atoms with Crippen molar-refractivity contribution in [3.05, 3.63) is 0 Å². The predicted octanol–water partition coefficient (Wildman–Crippen LogP) is 1.37. The molecule has 14 heavy (non-hydrogen) atoms. The molecule has 1 saturated carbocycles. The van der Waals surface area contributed by atoms with E-state index in [-0.39, 0.29) is 11.7 Å². The van der Waals surface area contributed by atoms with Crippen LogP contribution < -0.4 is 0 Å². The second-order valence-corrected chi connectivity index (χ2v) is 4.46. The molecule has 3 heteroatoms. The molecular weight excluding hydrogens is 178 g/mol. The fourth-order valence-electron chi connectivity index (χ4n) is 2.43. The normalized spacial score (nSPS) is 23.4. The van der Waals surface area contributed by atoms with E-state index in [1.54, 1.807) is 4.90 Å². The maximum Gasteiger partial charge on any atom is 0.223 e. The van der Waals surface area contributed by atoms with Crippen LogP contribution in [-0.4, -0.2) is 29.7 Å². The molecule has 0 aromatic heterocycles. The fourth-order valence-corrected chi connectivity index (χ4v) is 2.43. The molecule has 0 aromatic carbocycles. The highest BCUT2D eigenvalue weighted by Crippen LogP contribution is 2.28. The molecule has 0 unspecified atom stereocenters. The van der Waals surface area contributed by atoms with Gasteiger partial charge in [0.15, 0.2) is 5.78 Å². The van der Waals surface area contributed by atoms with Gasteiger partial charge in [0.2, 0.25) is 5.91 Å². The average molecular weight is 195 g/mol. The van der Waals surface area contributed by atoms with Gasteiger partial charge in [-0.05, 0) is 18.8 Å². The summed E-state index contributed by atoms with van der Waals surface area (Å²) in [6, 6.07) is 0. The Morgan fingerprint density at radius 1 is 1.36 bits per heavy atom. The first kappa shape index (κ1) is 9.69. The molecule has 78 valence electrons. The third kappa shape index (κ3) is 2.14. The third-order valence-corrected chi connectivity index (χ3v) is 3.32. The standard InChI is InChI=1S/C11H17NO2/c13-10-5-6-12(8-10)11(14)7-9-3-1-2-4-9/h9H,1-8H2. The molecule has 2 rings (SSSR count). The fraction of sp³-hybridized carbons (Fsp3) is 0.818. The number of nitrogens with zero attached hydrogens (tertiary/aromatic N) is 1. The smallest absolute Gasteiger partial charge is 0.223 e. The summed E-state index contributed by atoms with van der Waals surface area (Å²) >= 11 is 0. The van der Waals surface area contributed by atoms with E-state index < -0.39 is 0 Å². The van der Waals surface area contributed by atoms with Gasteiger partial charge >= 0.3 is 0 Å². The van der Waals surface area contributed by atoms with Crippen molar-refractivity contribution < 1.29 is 9.59 Å². The van der Waals surface area contributed by atoms with Crippen molar-refractivity contribution in [3.8, 4) is 0 Å². The molecule has 3 nitrogen and oxygen atoms in total. The minimum atomic E-state index is 0.197. The number of Topliss-reactive ketones (excluding diaryl/α,β-unsaturated/α-hetero) is 1. The lowest BCUT2D eigenvalue weighted by Gasteiger charge is -2.16. The zero-order valence-electron chi connectivity index (χ0n) is 8.50. The number of likely N-dealkylation sites (tertiary alicyclic amines) is 1. The summed E-state index contributed by atoms with van der Waals surface area (Å²) in [5.41, 5.74) is 0. The molecule has 0 spiro atoms. The number of amides is 1. The second kappa shape index (κ2) is 4.11. The van der Waals surface area contributed by atoms with Gasteiger partial charge < -0.3 is 4.90 Å². The van der Waals surface area contributed by atoms with Crippen LogP contribution in [0.1, 0.15) is 38.5 Å². The van der Waals surface area contributed by atoms with Crippen LogP contribution in [0, 0.1) is 5.92 Å². The van der Waals surface area contributed by atoms with Crippen molar-refractivity contribution in [2.24, 2.45) is 5.92 Å². The van der Waals surface area contributed by atoms with Crippen LogP contribution in [0.3, 0.4) is 0 Å². The van der Waals surface area contributed by atoms with Crippen molar-refractivity contribution in [3.63, 3.8) is 0 Å². The average Bonchev–Trinajstić information content (AvgIpc) is 2.75. The van der Waals surface area contributed by atoms with Crippen molar-refractivity contribution in [1.82, 2.24) is 4.90 Å². The van der Waals surface area contributed by atoms with E-state index >= 15 is 0 Å². The number of ketones is 1. The van der Waals surface area contributed by atoms with Crippen LogP contribution in [-0.2, 0) is 9.59 Å². The summed E-state index contributed by atoms with van der Waals surface area (Å²) in [6.07, 6.45) is 6.19. The van der Waals surface area contributed by atoms with Gasteiger partial charge in [0.25, 0.3) is 0 Å². The van der Waals surface area contributed by atoms with Gasteiger partial charge in [0, 0.05) is 19.4 Å². The van der Waals surface area contributed by atoms with Gasteiger partial charge in [-0.3, -0.25) is 9.59 Å². The number of carbonyl (C=O) groups is 2. The molecule has 1 amide bonds. The highest BCUT2D eigenvalue weighted by molar-refractivity contribution is 5.89. The Balaban J connectivity index is 1.80. The number of hydrogen-bond acceptors (Lipinski definition) is 2. The molecule has 0 bridgehead atoms. The molecule has 0 radical (unpaired) electrons. The summed E-state index contributed by atoms with van der Waals surface area (Å²) in [5.74, 6) is 1.01. The zero-order valence-corrected chi connectivity index (χ0v) is 8.50. The molecule has 1 aliphatic heterocycles. The van der Waals surface area contributed by atoms with E-state index in [0.717, 1.165) is 0 Å². The minimum absolute atomic E-state index is 0.197. The summed E-state index contributed by atoms with van der Waals surface area (Å²) < 4.78 is 0. The van der Waals surface area contributed by atoms with E-state index in [1.807, 2.05) is 0 Å². The van der Waals surface area contributed by atoms with Crippen LogP contribution >= 0.6 is 0 Å². The Kier molecular flexibility index (Phi) is 2.85. The summed E-state index contributed by atoms with van der Waals surface area (Å²) in [6.45, 7) is 1.02. The quantitative estimate of drug-likeness (QED) is 0.667. The minimum Gasteiger partial charge on any atom is -0.335 e. The monoisotopic (exact) mass is 195 g/mol. The van der Waals surface area contributed by atoms with Gasteiger partial charge in [-0.2, -0.15) is 0 Å². The van der Waals surface area contributed by atoms with Crippen LogP contribution in [0.5, 0.6) is 0 Å². The summed E-state index contributed by atoms with van der Waals surface area (Å²) in [4.78, 5) is 24.4. The number of hydrogen-bond donors (Lipinski definition) is 0. The molecule has 2 aliphatic rings. The Labute approximate surface area is 84.5 Å². The van der Waals surface area contributed by atoms with Crippen LogP contribution in [0.2, 0.25) is 0 Å².